The molecule has 0 aromatic carbocycles. The van der Waals surface area contributed by atoms with E-state index < -0.39 is 10.0 Å². The first-order chi connectivity index (χ1) is 14.1. The molecule has 0 spiro atoms. The first-order valence-corrected chi connectivity index (χ1v) is 13.0. The Morgan fingerprint density at radius 3 is 2.38 bits per heavy atom. The topological polar surface area (TPSA) is 62.7 Å². The molecule has 0 radical (unpaired) electrons. The van der Waals surface area contributed by atoms with Crippen LogP contribution in [0.5, 0.6) is 5.88 Å². The molecule has 0 amide bonds. The van der Waals surface area contributed by atoms with Crippen LogP contribution in [0.4, 0.5) is 0 Å². The van der Waals surface area contributed by atoms with Crippen molar-refractivity contribution in [2.45, 2.75) is 88.1 Å². The maximum atomic E-state index is 12.9. The zero-order chi connectivity index (χ0) is 19.8. The van der Waals surface area contributed by atoms with Crippen LogP contribution < -0.4 is 4.74 Å². The van der Waals surface area contributed by atoms with E-state index in [-0.39, 0.29) is 11.4 Å². The number of nitrogens with zero attached hydrogens (tertiary/aromatic N) is 3. The van der Waals surface area contributed by atoms with E-state index in [2.05, 4.69) is 4.90 Å². The summed E-state index contributed by atoms with van der Waals surface area (Å²) in [6.45, 7) is 3.27. The standard InChI is InChI=1S/C22H33N3O3S/c26-29(27,20-6-1-2-7-20)25-15-12-21-17(16-25)8-9-22(23-21)28-19-10-13-24(14-11-19)18-4-3-5-18/h8-9,18-20H,1-7,10-16H2. The van der Waals surface area contributed by atoms with Crippen molar-refractivity contribution in [3.63, 3.8) is 0 Å². The quantitative estimate of drug-likeness (QED) is 0.734. The molecule has 7 heteroatoms. The molecule has 0 atom stereocenters. The van der Waals surface area contributed by atoms with Crippen LogP contribution in [0.3, 0.4) is 0 Å². The van der Waals surface area contributed by atoms with Gasteiger partial charge in [-0.2, -0.15) is 4.31 Å². The van der Waals surface area contributed by atoms with Gasteiger partial charge in [0.15, 0.2) is 0 Å². The first kappa shape index (κ1) is 19.8. The summed E-state index contributed by atoms with van der Waals surface area (Å²) in [6, 6.07) is 4.78. The minimum Gasteiger partial charge on any atom is -0.474 e. The Labute approximate surface area is 174 Å². The highest BCUT2D eigenvalue weighted by Gasteiger charge is 2.36. The molecule has 2 aliphatic heterocycles. The van der Waals surface area contributed by atoms with Crippen molar-refractivity contribution >= 4 is 10.0 Å². The highest BCUT2D eigenvalue weighted by Crippen LogP contribution is 2.31. The fraction of sp³-hybridized carbons (Fsp3) is 0.773. The summed E-state index contributed by atoms with van der Waals surface area (Å²) in [6.07, 6.45) is 10.9. The smallest absolute Gasteiger partial charge is 0.217 e. The number of hydrogen-bond donors (Lipinski definition) is 0. The molecule has 1 aromatic heterocycles. The molecule has 1 aromatic rings. The number of sulfonamides is 1. The van der Waals surface area contributed by atoms with E-state index in [0.29, 0.717) is 25.4 Å². The maximum absolute atomic E-state index is 12.9. The summed E-state index contributed by atoms with van der Waals surface area (Å²) >= 11 is 0. The molecule has 160 valence electrons. The average Bonchev–Trinajstić information content (AvgIpc) is 3.23. The third-order valence-electron chi connectivity index (χ3n) is 7.43. The lowest BCUT2D eigenvalue weighted by Crippen LogP contribution is -2.46. The van der Waals surface area contributed by atoms with Gasteiger partial charge in [0.25, 0.3) is 0 Å². The average molecular weight is 420 g/mol. The molecule has 1 saturated heterocycles. The second kappa shape index (κ2) is 8.16. The second-order valence-electron chi connectivity index (χ2n) is 9.23. The van der Waals surface area contributed by atoms with Gasteiger partial charge in [0.05, 0.1) is 10.9 Å². The first-order valence-electron chi connectivity index (χ1n) is 11.5. The molecule has 2 saturated carbocycles. The van der Waals surface area contributed by atoms with E-state index in [1.807, 2.05) is 12.1 Å². The molecular formula is C22H33N3O3S. The number of pyridine rings is 1. The SMILES string of the molecule is O=S(=O)(C1CCCC1)N1CCc2nc(OC3CCN(C4CCC4)CC3)ccc2C1. The molecule has 3 heterocycles. The number of fused-ring (bicyclic) bond motifs is 1. The third kappa shape index (κ3) is 4.06. The number of rotatable bonds is 5. The fourth-order valence-corrected chi connectivity index (χ4v) is 7.35. The van der Waals surface area contributed by atoms with Crippen LogP contribution in [0, 0.1) is 0 Å². The molecule has 5 rings (SSSR count). The Kier molecular flexibility index (Phi) is 5.56. The van der Waals surface area contributed by atoms with Gasteiger partial charge in [-0.05, 0) is 44.1 Å². The van der Waals surface area contributed by atoms with Gasteiger partial charge in [-0.15, -0.1) is 0 Å². The number of piperidine rings is 1. The Balaban J connectivity index is 1.19. The van der Waals surface area contributed by atoms with Gasteiger partial charge in [0.2, 0.25) is 15.9 Å². The molecule has 6 nitrogen and oxygen atoms in total. The minimum atomic E-state index is -3.18. The van der Waals surface area contributed by atoms with E-state index in [0.717, 1.165) is 68.9 Å². The van der Waals surface area contributed by atoms with E-state index in [4.69, 9.17) is 9.72 Å². The molecule has 2 aliphatic carbocycles. The molecular weight excluding hydrogens is 386 g/mol. The van der Waals surface area contributed by atoms with E-state index >= 15 is 0 Å². The molecule has 4 aliphatic rings. The Morgan fingerprint density at radius 1 is 0.931 bits per heavy atom. The normalized spacial score (nSPS) is 25.7. The van der Waals surface area contributed by atoms with Crippen molar-refractivity contribution in [2.75, 3.05) is 19.6 Å². The summed E-state index contributed by atoms with van der Waals surface area (Å²) in [7, 11) is -3.18. The zero-order valence-electron chi connectivity index (χ0n) is 17.3. The number of likely N-dealkylation sites (tertiary alicyclic amines) is 1. The predicted octanol–water partition coefficient (Wildman–Crippen LogP) is 3.11. The van der Waals surface area contributed by atoms with E-state index in [9.17, 15) is 8.42 Å². The van der Waals surface area contributed by atoms with Crippen LogP contribution in [-0.4, -0.2) is 59.6 Å². The van der Waals surface area contributed by atoms with Crippen molar-refractivity contribution in [3.8, 4) is 5.88 Å². The molecule has 0 bridgehead atoms. The van der Waals surface area contributed by atoms with E-state index in [1.165, 1.54) is 19.3 Å². The van der Waals surface area contributed by atoms with Crippen LogP contribution in [0.2, 0.25) is 0 Å². The van der Waals surface area contributed by atoms with Crippen molar-refractivity contribution in [2.24, 2.45) is 0 Å². The zero-order valence-corrected chi connectivity index (χ0v) is 18.1. The van der Waals surface area contributed by atoms with Crippen molar-refractivity contribution < 1.29 is 13.2 Å². The third-order valence-corrected chi connectivity index (χ3v) is 9.77. The highest BCUT2D eigenvalue weighted by atomic mass is 32.2. The van der Waals surface area contributed by atoms with Gasteiger partial charge in [0, 0.05) is 44.7 Å². The van der Waals surface area contributed by atoms with Gasteiger partial charge < -0.3 is 9.64 Å². The lowest BCUT2D eigenvalue weighted by molar-refractivity contribution is 0.0474. The fourth-order valence-electron chi connectivity index (χ4n) is 5.33. The van der Waals surface area contributed by atoms with Crippen LogP contribution >= 0.6 is 0 Å². The maximum Gasteiger partial charge on any atom is 0.217 e. The second-order valence-corrected chi connectivity index (χ2v) is 11.4. The molecule has 29 heavy (non-hydrogen) atoms. The van der Waals surface area contributed by atoms with Gasteiger partial charge in [0.1, 0.15) is 6.10 Å². The summed E-state index contributed by atoms with van der Waals surface area (Å²) in [5.41, 5.74) is 2.04. The van der Waals surface area contributed by atoms with Gasteiger partial charge >= 0.3 is 0 Å². The van der Waals surface area contributed by atoms with Crippen LogP contribution in [0.15, 0.2) is 12.1 Å². The summed E-state index contributed by atoms with van der Waals surface area (Å²) < 4.78 is 33.7. The Bertz CT molecular complexity index is 826. The predicted molar refractivity (Wildman–Crippen MR) is 112 cm³/mol. The van der Waals surface area contributed by atoms with Gasteiger partial charge in [-0.3, -0.25) is 0 Å². The Morgan fingerprint density at radius 2 is 1.69 bits per heavy atom. The van der Waals surface area contributed by atoms with Crippen molar-refractivity contribution in [1.82, 2.24) is 14.2 Å². The lowest BCUT2D eigenvalue weighted by atomic mass is 9.90. The number of ether oxygens (including phenoxy) is 1. The summed E-state index contributed by atoms with van der Waals surface area (Å²) in [5.74, 6) is 0.706. The van der Waals surface area contributed by atoms with Gasteiger partial charge in [-0.1, -0.05) is 25.3 Å². The Hall–Kier alpha value is -1.18. The van der Waals surface area contributed by atoms with Crippen LogP contribution in [-0.2, 0) is 23.0 Å². The molecule has 3 fully saturated rings. The van der Waals surface area contributed by atoms with Crippen molar-refractivity contribution in [1.29, 1.82) is 0 Å². The summed E-state index contributed by atoms with van der Waals surface area (Å²) in [4.78, 5) is 7.37. The largest absolute Gasteiger partial charge is 0.474 e. The molecule has 0 N–H and O–H groups in total. The lowest BCUT2D eigenvalue weighted by Gasteiger charge is -2.41. The number of hydrogen-bond acceptors (Lipinski definition) is 5. The van der Waals surface area contributed by atoms with Crippen LogP contribution in [0.1, 0.15) is 69.0 Å². The van der Waals surface area contributed by atoms with E-state index in [1.54, 1.807) is 4.31 Å². The van der Waals surface area contributed by atoms with Crippen molar-refractivity contribution in [3.05, 3.63) is 23.4 Å². The number of aromatic nitrogens is 1. The highest BCUT2D eigenvalue weighted by molar-refractivity contribution is 7.89. The van der Waals surface area contributed by atoms with Crippen LogP contribution in [0.25, 0.3) is 0 Å². The minimum absolute atomic E-state index is 0.176. The monoisotopic (exact) mass is 419 g/mol. The summed E-state index contributed by atoms with van der Waals surface area (Å²) in [5, 5.41) is -0.176. The molecule has 0 unspecified atom stereocenters. The van der Waals surface area contributed by atoms with Gasteiger partial charge in [-0.25, -0.2) is 13.4 Å².